The number of esters is 1. The van der Waals surface area contributed by atoms with Gasteiger partial charge in [0.15, 0.2) is 0 Å². The second-order valence-electron chi connectivity index (χ2n) is 3.75. The van der Waals surface area contributed by atoms with Crippen molar-refractivity contribution in [3.8, 4) is 5.75 Å². The lowest BCUT2D eigenvalue weighted by Gasteiger charge is -2.23. The minimum atomic E-state index is -4.12. The first-order valence-corrected chi connectivity index (χ1v) is 5.30. The van der Waals surface area contributed by atoms with E-state index in [-0.39, 0.29) is 19.0 Å². The van der Waals surface area contributed by atoms with Crippen LogP contribution in [0.5, 0.6) is 5.75 Å². The average Bonchev–Trinajstić information content (AvgIpc) is 2.33. The maximum atomic E-state index is 13.7. The fraction of sp³-hybridized carbons (Fsp3) is 0.364. The second-order valence-corrected chi connectivity index (χ2v) is 3.75. The monoisotopic (exact) mass is 314 g/mol. The zero-order valence-corrected chi connectivity index (χ0v) is 11.2. The molecule has 0 unspecified atom stereocenters. The number of nitrogens with two attached hydrogens (primary N) is 2. The summed E-state index contributed by atoms with van der Waals surface area (Å²) in [5, 5.41) is 9.51. The molecular formula is C11H14ClF3N2O3. The highest BCUT2D eigenvalue weighted by Gasteiger charge is 2.48. The van der Waals surface area contributed by atoms with Crippen LogP contribution in [0, 0.1) is 5.82 Å². The molecule has 0 bridgehead atoms. The van der Waals surface area contributed by atoms with Gasteiger partial charge in [-0.3, -0.25) is 0 Å². The van der Waals surface area contributed by atoms with Crippen LogP contribution in [0.25, 0.3) is 0 Å². The van der Waals surface area contributed by atoms with Gasteiger partial charge in [-0.05, 0) is 13.0 Å². The molecule has 114 valence electrons. The van der Waals surface area contributed by atoms with Crippen LogP contribution < -0.4 is 11.5 Å². The van der Waals surface area contributed by atoms with E-state index in [0.29, 0.717) is 6.07 Å². The Labute approximate surface area is 119 Å². The van der Waals surface area contributed by atoms with E-state index < -0.39 is 40.8 Å². The number of phenolic OH excluding ortho intramolecular Hbond substituents is 1. The second kappa shape index (κ2) is 6.67. The number of halogens is 4. The summed E-state index contributed by atoms with van der Waals surface area (Å²) in [5.41, 5.74) is 9.32. The number of rotatable bonds is 4. The van der Waals surface area contributed by atoms with E-state index in [0.717, 1.165) is 6.07 Å². The quantitative estimate of drug-likeness (QED) is 0.446. The first kappa shape index (κ1) is 18.3. The third-order valence-electron chi connectivity index (χ3n) is 2.41. The van der Waals surface area contributed by atoms with Gasteiger partial charge >= 0.3 is 11.9 Å². The van der Waals surface area contributed by atoms with Gasteiger partial charge in [0.05, 0.1) is 12.3 Å². The minimum absolute atomic E-state index is 0. The van der Waals surface area contributed by atoms with Crippen LogP contribution in [0.2, 0.25) is 0 Å². The van der Waals surface area contributed by atoms with Gasteiger partial charge in [-0.15, -0.1) is 12.4 Å². The lowest BCUT2D eigenvalue weighted by Crippen LogP contribution is -2.41. The molecule has 5 N–H and O–H groups in total. The highest BCUT2D eigenvalue weighted by atomic mass is 35.5. The highest BCUT2D eigenvalue weighted by molar-refractivity contribution is 5.85. The fourth-order valence-corrected chi connectivity index (χ4v) is 1.43. The van der Waals surface area contributed by atoms with E-state index in [9.17, 15) is 23.1 Å². The molecule has 1 aromatic rings. The van der Waals surface area contributed by atoms with Crippen LogP contribution in [-0.2, 0) is 9.53 Å². The SMILES string of the molecule is CCOC(=O)C(F)(F)[C@H](N)c1cc(F)cc(N)c1O.Cl. The van der Waals surface area contributed by atoms with Crippen molar-refractivity contribution in [3.63, 3.8) is 0 Å². The first-order chi connectivity index (χ1) is 8.71. The van der Waals surface area contributed by atoms with Crippen molar-refractivity contribution in [3.05, 3.63) is 23.5 Å². The van der Waals surface area contributed by atoms with Crippen molar-refractivity contribution in [2.24, 2.45) is 5.73 Å². The Bertz CT molecular complexity index is 500. The van der Waals surface area contributed by atoms with Gasteiger partial charge in [0.25, 0.3) is 0 Å². The van der Waals surface area contributed by atoms with Gasteiger partial charge in [0.1, 0.15) is 17.6 Å². The van der Waals surface area contributed by atoms with E-state index in [1.54, 1.807) is 0 Å². The molecule has 9 heteroatoms. The molecule has 0 radical (unpaired) electrons. The Morgan fingerprint density at radius 2 is 2.05 bits per heavy atom. The van der Waals surface area contributed by atoms with E-state index in [1.165, 1.54) is 6.92 Å². The maximum Gasteiger partial charge on any atom is 0.379 e. The summed E-state index contributed by atoms with van der Waals surface area (Å²) in [6.45, 7) is 1.08. The largest absolute Gasteiger partial charge is 0.505 e. The summed E-state index contributed by atoms with van der Waals surface area (Å²) >= 11 is 0. The van der Waals surface area contributed by atoms with Gasteiger partial charge in [-0.1, -0.05) is 0 Å². The molecule has 0 spiro atoms. The average molecular weight is 315 g/mol. The molecule has 0 heterocycles. The van der Waals surface area contributed by atoms with Crippen LogP contribution in [0.15, 0.2) is 12.1 Å². The van der Waals surface area contributed by atoms with Gasteiger partial charge in [0.2, 0.25) is 0 Å². The number of carbonyl (C=O) groups excluding carboxylic acids is 1. The number of alkyl halides is 2. The Kier molecular flexibility index (Phi) is 6.11. The summed E-state index contributed by atoms with van der Waals surface area (Å²) < 4.78 is 44.6. The highest BCUT2D eigenvalue weighted by Crippen LogP contribution is 2.38. The molecule has 0 saturated carbocycles. The summed E-state index contributed by atoms with van der Waals surface area (Å²) in [5.74, 6) is -7.73. The molecule has 1 rings (SSSR count). The number of anilines is 1. The molecular weight excluding hydrogens is 301 g/mol. The maximum absolute atomic E-state index is 13.7. The van der Waals surface area contributed by atoms with E-state index in [2.05, 4.69) is 4.74 Å². The minimum Gasteiger partial charge on any atom is -0.505 e. The molecule has 0 aromatic heterocycles. The number of hydrogen-bond acceptors (Lipinski definition) is 5. The van der Waals surface area contributed by atoms with Gasteiger partial charge in [-0.2, -0.15) is 8.78 Å². The van der Waals surface area contributed by atoms with Crippen molar-refractivity contribution in [1.82, 2.24) is 0 Å². The van der Waals surface area contributed by atoms with Crippen molar-refractivity contribution in [2.45, 2.75) is 18.9 Å². The third kappa shape index (κ3) is 3.45. The predicted octanol–water partition coefficient (Wildman–Crippen LogP) is 1.73. The van der Waals surface area contributed by atoms with Crippen LogP contribution in [0.1, 0.15) is 18.5 Å². The zero-order chi connectivity index (χ0) is 14.8. The Morgan fingerprint density at radius 1 is 1.50 bits per heavy atom. The molecule has 1 atom stereocenters. The smallest absolute Gasteiger partial charge is 0.379 e. The lowest BCUT2D eigenvalue weighted by atomic mass is 9.99. The first-order valence-electron chi connectivity index (χ1n) is 5.30. The molecule has 20 heavy (non-hydrogen) atoms. The molecule has 0 aliphatic carbocycles. The Balaban J connectivity index is 0.00000361. The van der Waals surface area contributed by atoms with Gasteiger partial charge in [0, 0.05) is 11.6 Å². The van der Waals surface area contributed by atoms with Crippen molar-refractivity contribution < 1.29 is 27.8 Å². The van der Waals surface area contributed by atoms with E-state index in [4.69, 9.17) is 11.5 Å². The van der Waals surface area contributed by atoms with Gasteiger partial charge in [-0.25, -0.2) is 9.18 Å². The standard InChI is InChI=1S/C11H13F3N2O3.ClH/c1-2-19-10(18)11(13,14)9(16)6-3-5(12)4-7(15)8(6)17;/h3-4,9,17H,2,15-16H2,1H3;1H/t9-;/m1./s1. The number of aromatic hydroxyl groups is 1. The number of hydrogen-bond donors (Lipinski definition) is 3. The predicted molar refractivity (Wildman–Crippen MR) is 68.2 cm³/mol. The van der Waals surface area contributed by atoms with Crippen LogP contribution in [-0.4, -0.2) is 23.6 Å². The fourth-order valence-electron chi connectivity index (χ4n) is 1.43. The third-order valence-corrected chi connectivity index (χ3v) is 2.41. The zero-order valence-electron chi connectivity index (χ0n) is 10.4. The molecule has 0 fully saturated rings. The van der Waals surface area contributed by atoms with Crippen LogP contribution >= 0.6 is 12.4 Å². The normalized spacial score (nSPS) is 12.4. The number of phenols is 1. The number of ether oxygens (including phenoxy) is 1. The molecule has 0 amide bonds. The summed E-state index contributed by atoms with van der Waals surface area (Å²) in [6.07, 6.45) is 0. The molecule has 5 nitrogen and oxygen atoms in total. The molecule has 0 saturated heterocycles. The lowest BCUT2D eigenvalue weighted by molar-refractivity contribution is -0.174. The molecule has 0 aliphatic rings. The Hall–Kier alpha value is -1.67. The summed E-state index contributed by atoms with van der Waals surface area (Å²) in [6, 6.07) is -0.943. The van der Waals surface area contributed by atoms with Crippen LogP contribution in [0.3, 0.4) is 0 Å². The van der Waals surface area contributed by atoms with E-state index in [1.807, 2.05) is 0 Å². The Morgan fingerprint density at radius 3 is 2.55 bits per heavy atom. The van der Waals surface area contributed by atoms with Crippen LogP contribution in [0.4, 0.5) is 18.9 Å². The number of nitrogen functional groups attached to an aromatic ring is 1. The van der Waals surface area contributed by atoms with Gasteiger partial charge < -0.3 is 21.3 Å². The van der Waals surface area contributed by atoms with Crippen molar-refractivity contribution >= 4 is 24.1 Å². The number of benzene rings is 1. The number of carbonyl (C=O) groups is 1. The summed E-state index contributed by atoms with van der Waals surface area (Å²) in [7, 11) is 0. The molecule has 1 aromatic carbocycles. The summed E-state index contributed by atoms with van der Waals surface area (Å²) in [4.78, 5) is 11.1. The topological polar surface area (TPSA) is 98.6 Å². The van der Waals surface area contributed by atoms with E-state index >= 15 is 0 Å². The van der Waals surface area contributed by atoms with Crippen molar-refractivity contribution in [2.75, 3.05) is 12.3 Å². The molecule has 0 aliphatic heterocycles. The van der Waals surface area contributed by atoms with Crippen molar-refractivity contribution in [1.29, 1.82) is 0 Å².